The van der Waals surface area contributed by atoms with Crippen molar-refractivity contribution in [1.29, 1.82) is 0 Å². The fraction of sp³-hybridized carbons (Fsp3) is 0.133. The molecule has 2 rings (SSSR count). The predicted octanol–water partition coefficient (Wildman–Crippen LogP) is 4.44. The molecule has 3 heteroatoms. The van der Waals surface area contributed by atoms with Gasteiger partial charge in [-0.3, -0.25) is 4.79 Å². The number of rotatable bonds is 2. The molecule has 2 aromatic rings. The second-order valence-corrected chi connectivity index (χ2v) is 5.06. The van der Waals surface area contributed by atoms with Crippen LogP contribution in [0.15, 0.2) is 40.9 Å². The van der Waals surface area contributed by atoms with Crippen molar-refractivity contribution in [1.82, 2.24) is 0 Å². The molecule has 0 saturated heterocycles. The minimum absolute atomic E-state index is 0.150. The number of ketones is 1. The first-order valence-electron chi connectivity index (χ1n) is 5.56. The summed E-state index contributed by atoms with van der Waals surface area (Å²) in [6, 6.07) is 9.99. The molecule has 0 N–H and O–H groups in total. The quantitative estimate of drug-likeness (QED) is 0.750. The first kappa shape index (κ1) is 13.0. The van der Waals surface area contributed by atoms with Gasteiger partial charge in [-0.05, 0) is 59.1 Å². The molecule has 0 radical (unpaired) electrons. The first-order valence-corrected chi connectivity index (χ1v) is 6.36. The summed E-state index contributed by atoms with van der Waals surface area (Å²) < 4.78 is 13.8. The van der Waals surface area contributed by atoms with Crippen molar-refractivity contribution >= 4 is 21.7 Å². The van der Waals surface area contributed by atoms with Gasteiger partial charge in [0.2, 0.25) is 0 Å². The zero-order chi connectivity index (χ0) is 13.3. The summed E-state index contributed by atoms with van der Waals surface area (Å²) in [6.07, 6.45) is 0. The van der Waals surface area contributed by atoms with E-state index < -0.39 is 5.82 Å². The Hall–Kier alpha value is -1.48. The molecule has 92 valence electrons. The smallest absolute Gasteiger partial charge is 0.193 e. The van der Waals surface area contributed by atoms with Crippen molar-refractivity contribution in [2.45, 2.75) is 13.8 Å². The third-order valence-electron chi connectivity index (χ3n) is 3.03. The van der Waals surface area contributed by atoms with Gasteiger partial charge in [0.25, 0.3) is 0 Å². The molecule has 0 aliphatic heterocycles. The number of benzene rings is 2. The lowest BCUT2D eigenvalue weighted by Crippen LogP contribution is -2.05. The highest BCUT2D eigenvalue weighted by Gasteiger charge is 2.14. The van der Waals surface area contributed by atoms with Crippen molar-refractivity contribution < 1.29 is 9.18 Å². The minimum Gasteiger partial charge on any atom is -0.289 e. The van der Waals surface area contributed by atoms with Gasteiger partial charge in [-0.2, -0.15) is 0 Å². The van der Waals surface area contributed by atoms with E-state index in [0.29, 0.717) is 15.6 Å². The molecule has 0 unspecified atom stereocenters. The fourth-order valence-corrected chi connectivity index (χ4v) is 2.04. The van der Waals surface area contributed by atoms with Crippen LogP contribution in [0.25, 0.3) is 0 Å². The Bertz CT molecular complexity index is 620. The number of hydrogen-bond donors (Lipinski definition) is 0. The van der Waals surface area contributed by atoms with Crippen LogP contribution in [0.2, 0.25) is 0 Å². The molecule has 0 spiro atoms. The summed E-state index contributed by atoms with van der Waals surface area (Å²) in [5.41, 5.74) is 2.98. The molecule has 0 fully saturated rings. The Balaban J connectivity index is 2.48. The molecular formula is C15H12BrFO. The number of halogens is 2. The molecular weight excluding hydrogens is 295 g/mol. The molecule has 2 aromatic carbocycles. The van der Waals surface area contributed by atoms with E-state index in [1.807, 2.05) is 26.0 Å². The average Bonchev–Trinajstić information content (AvgIpc) is 2.35. The van der Waals surface area contributed by atoms with Crippen LogP contribution in [-0.2, 0) is 0 Å². The van der Waals surface area contributed by atoms with Gasteiger partial charge in [0, 0.05) is 11.1 Å². The SMILES string of the molecule is Cc1cccc(C(=O)c2ccc(Br)c(F)c2)c1C. The Morgan fingerprint density at radius 1 is 1.17 bits per heavy atom. The standard InChI is InChI=1S/C15H12BrFO/c1-9-4-3-5-12(10(9)2)15(18)11-6-7-13(16)14(17)8-11/h3-8H,1-2H3. The minimum atomic E-state index is -0.425. The largest absolute Gasteiger partial charge is 0.289 e. The summed E-state index contributed by atoms with van der Waals surface area (Å²) in [7, 11) is 0. The van der Waals surface area contributed by atoms with Crippen LogP contribution in [-0.4, -0.2) is 5.78 Å². The van der Waals surface area contributed by atoms with Crippen LogP contribution in [0, 0.1) is 19.7 Å². The van der Waals surface area contributed by atoms with Gasteiger partial charge in [-0.1, -0.05) is 18.2 Å². The van der Waals surface area contributed by atoms with Crippen molar-refractivity contribution in [2.24, 2.45) is 0 Å². The molecule has 0 amide bonds. The molecule has 18 heavy (non-hydrogen) atoms. The monoisotopic (exact) mass is 306 g/mol. The Labute approximate surface area is 114 Å². The van der Waals surface area contributed by atoms with E-state index in [1.54, 1.807) is 18.2 Å². The molecule has 0 aliphatic carbocycles. The normalized spacial score (nSPS) is 10.4. The molecule has 0 saturated carbocycles. The van der Waals surface area contributed by atoms with E-state index in [9.17, 15) is 9.18 Å². The van der Waals surface area contributed by atoms with Crippen molar-refractivity contribution in [3.8, 4) is 0 Å². The van der Waals surface area contributed by atoms with Gasteiger partial charge in [-0.15, -0.1) is 0 Å². The van der Waals surface area contributed by atoms with Gasteiger partial charge < -0.3 is 0 Å². The van der Waals surface area contributed by atoms with Crippen LogP contribution in [0.4, 0.5) is 4.39 Å². The third kappa shape index (κ3) is 2.36. The van der Waals surface area contributed by atoms with Gasteiger partial charge in [0.15, 0.2) is 5.78 Å². The third-order valence-corrected chi connectivity index (χ3v) is 3.67. The Morgan fingerprint density at radius 2 is 1.89 bits per heavy atom. The average molecular weight is 307 g/mol. The number of hydrogen-bond acceptors (Lipinski definition) is 1. The Kier molecular flexibility index (Phi) is 3.62. The van der Waals surface area contributed by atoms with Crippen molar-refractivity contribution in [2.75, 3.05) is 0 Å². The molecule has 1 nitrogen and oxygen atoms in total. The maximum absolute atomic E-state index is 13.4. The predicted molar refractivity (Wildman–Crippen MR) is 73.4 cm³/mol. The Morgan fingerprint density at radius 3 is 2.56 bits per heavy atom. The lowest BCUT2D eigenvalue weighted by atomic mass is 9.96. The summed E-state index contributed by atoms with van der Waals surface area (Å²) in [4.78, 5) is 12.3. The van der Waals surface area contributed by atoms with E-state index in [4.69, 9.17) is 0 Å². The second kappa shape index (κ2) is 5.02. The lowest BCUT2D eigenvalue weighted by molar-refractivity contribution is 0.103. The highest BCUT2D eigenvalue weighted by Crippen LogP contribution is 2.21. The topological polar surface area (TPSA) is 17.1 Å². The molecule has 0 aliphatic rings. The van der Waals surface area contributed by atoms with Gasteiger partial charge >= 0.3 is 0 Å². The van der Waals surface area contributed by atoms with Crippen LogP contribution < -0.4 is 0 Å². The maximum Gasteiger partial charge on any atom is 0.193 e. The number of carbonyl (C=O) groups is 1. The molecule has 0 atom stereocenters. The van der Waals surface area contributed by atoms with Crippen molar-refractivity contribution in [3.05, 3.63) is 68.9 Å². The van der Waals surface area contributed by atoms with E-state index in [0.717, 1.165) is 11.1 Å². The maximum atomic E-state index is 13.4. The van der Waals surface area contributed by atoms with E-state index in [1.165, 1.54) is 6.07 Å². The molecule has 0 heterocycles. The van der Waals surface area contributed by atoms with Crippen LogP contribution >= 0.6 is 15.9 Å². The lowest BCUT2D eigenvalue weighted by Gasteiger charge is -2.08. The summed E-state index contributed by atoms with van der Waals surface area (Å²) >= 11 is 3.07. The zero-order valence-corrected chi connectivity index (χ0v) is 11.7. The van der Waals surface area contributed by atoms with Crippen LogP contribution in [0.5, 0.6) is 0 Å². The number of aryl methyl sites for hydroxylation is 1. The first-order chi connectivity index (χ1) is 8.50. The fourth-order valence-electron chi connectivity index (χ4n) is 1.79. The molecule has 0 aromatic heterocycles. The van der Waals surface area contributed by atoms with Crippen LogP contribution in [0.1, 0.15) is 27.0 Å². The van der Waals surface area contributed by atoms with Gasteiger partial charge in [0.1, 0.15) is 5.82 Å². The van der Waals surface area contributed by atoms with E-state index >= 15 is 0 Å². The van der Waals surface area contributed by atoms with Gasteiger partial charge in [0.05, 0.1) is 4.47 Å². The number of carbonyl (C=O) groups excluding carboxylic acids is 1. The summed E-state index contributed by atoms with van der Waals surface area (Å²) in [5.74, 6) is -0.575. The highest BCUT2D eigenvalue weighted by atomic mass is 79.9. The van der Waals surface area contributed by atoms with Crippen molar-refractivity contribution in [3.63, 3.8) is 0 Å². The van der Waals surface area contributed by atoms with E-state index in [-0.39, 0.29) is 5.78 Å². The second-order valence-electron chi connectivity index (χ2n) is 4.21. The summed E-state index contributed by atoms with van der Waals surface area (Å²) in [5, 5.41) is 0. The zero-order valence-electron chi connectivity index (χ0n) is 10.1. The molecule has 0 bridgehead atoms. The summed E-state index contributed by atoms with van der Waals surface area (Å²) in [6.45, 7) is 3.85. The highest BCUT2D eigenvalue weighted by molar-refractivity contribution is 9.10. The van der Waals surface area contributed by atoms with Gasteiger partial charge in [-0.25, -0.2) is 4.39 Å². The van der Waals surface area contributed by atoms with E-state index in [2.05, 4.69) is 15.9 Å². The van der Waals surface area contributed by atoms with Crippen LogP contribution in [0.3, 0.4) is 0 Å².